The minimum absolute atomic E-state index is 0.0617. The summed E-state index contributed by atoms with van der Waals surface area (Å²) in [4.78, 5) is 11.5. The lowest BCUT2D eigenvalue weighted by Gasteiger charge is -2.12. The van der Waals surface area contributed by atoms with Gasteiger partial charge in [-0.25, -0.2) is 8.78 Å². The molecule has 3 nitrogen and oxygen atoms in total. The molecule has 0 fully saturated rings. The van der Waals surface area contributed by atoms with Gasteiger partial charge in [-0.3, -0.25) is 4.79 Å². The number of hydrogen-bond donors (Lipinski definition) is 2. The van der Waals surface area contributed by atoms with Crippen molar-refractivity contribution in [2.75, 3.05) is 11.9 Å². The monoisotopic (exact) mass is 242 g/mol. The third kappa shape index (κ3) is 3.78. The van der Waals surface area contributed by atoms with Gasteiger partial charge in [0.05, 0.1) is 5.69 Å². The minimum atomic E-state index is -1.04. The Hall–Kier alpha value is -1.49. The molecule has 1 amide bonds. The fourth-order valence-electron chi connectivity index (χ4n) is 1.46. The van der Waals surface area contributed by atoms with Crippen LogP contribution in [0.15, 0.2) is 18.2 Å². The second kappa shape index (κ2) is 6.30. The van der Waals surface area contributed by atoms with Crippen molar-refractivity contribution in [3.8, 4) is 0 Å². The maximum absolute atomic E-state index is 13.2. The third-order valence-electron chi connectivity index (χ3n) is 2.61. The summed E-state index contributed by atoms with van der Waals surface area (Å²) >= 11 is 0. The van der Waals surface area contributed by atoms with Crippen molar-refractivity contribution < 1.29 is 13.6 Å². The lowest BCUT2D eigenvalue weighted by molar-refractivity contribution is -0.117. The Kier molecular flexibility index (Phi) is 5.03. The van der Waals surface area contributed by atoms with E-state index in [1.807, 2.05) is 6.92 Å². The number of benzene rings is 1. The number of amides is 1. The molecule has 17 heavy (non-hydrogen) atoms. The van der Waals surface area contributed by atoms with Crippen molar-refractivity contribution in [3.63, 3.8) is 0 Å². The Balaban J connectivity index is 2.65. The first-order valence-electron chi connectivity index (χ1n) is 5.52. The van der Waals surface area contributed by atoms with Crippen LogP contribution in [-0.4, -0.2) is 12.5 Å². The predicted molar refractivity (Wildman–Crippen MR) is 62.4 cm³/mol. The lowest BCUT2D eigenvalue weighted by atomic mass is 10.0. The first kappa shape index (κ1) is 13.6. The van der Waals surface area contributed by atoms with Crippen LogP contribution in [0.5, 0.6) is 0 Å². The molecular formula is C12H16F2N2O. The largest absolute Gasteiger partial charge is 0.330 e. The molecule has 3 N–H and O–H groups in total. The third-order valence-corrected chi connectivity index (χ3v) is 2.61. The highest BCUT2D eigenvalue weighted by atomic mass is 19.2. The van der Waals surface area contributed by atoms with Crippen molar-refractivity contribution in [1.82, 2.24) is 0 Å². The van der Waals surface area contributed by atoms with E-state index in [2.05, 4.69) is 5.32 Å². The molecule has 1 rings (SSSR count). The van der Waals surface area contributed by atoms with E-state index in [0.29, 0.717) is 6.54 Å². The van der Waals surface area contributed by atoms with Crippen molar-refractivity contribution in [2.24, 2.45) is 11.7 Å². The van der Waals surface area contributed by atoms with Crippen LogP contribution < -0.4 is 11.1 Å². The van der Waals surface area contributed by atoms with Crippen LogP contribution in [0, 0.1) is 17.6 Å². The second-order valence-corrected chi connectivity index (χ2v) is 3.86. The molecule has 0 aliphatic carbocycles. The standard InChI is InChI=1S/C12H16F2N2O/c1-2-8(7-15)6-11(17)16-10-5-3-4-9(13)12(10)14/h3-5,8H,2,6-7,15H2,1H3,(H,16,17). The molecule has 1 atom stereocenters. The normalized spacial score (nSPS) is 12.2. The molecule has 0 radical (unpaired) electrons. The fourth-order valence-corrected chi connectivity index (χ4v) is 1.46. The summed E-state index contributed by atoms with van der Waals surface area (Å²) in [6.45, 7) is 2.32. The SMILES string of the molecule is CCC(CN)CC(=O)Nc1cccc(F)c1F. The van der Waals surface area contributed by atoms with E-state index in [-0.39, 0.29) is 23.9 Å². The number of hydrogen-bond acceptors (Lipinski definition) is 2. The number of carbonyl (C=O) groups excluding carboxylic acids is 1. The van der Waals surface area contributed by atoms with Gasteiger partial charge < -0.3 is 11.1 Å². The molecular weight excluding hydrogens is 226 g/mol. The van der Waals surface area contributed by atoms with E-state index in [9.17, 15) is 13.6 Å². The zero-order valence-electron chi connectivity index (χ0n) is 9.67. The maximum Gasteiger partial charge on any atom is 0.224 e. The number of anilines is 1. The molecule has 0 saturated heterocycles. The summed E-state index contributed by atoms with van der Waals surface area (Å²) in [5.74, 6) is -2.31. The van der Waals surface area contributed by atoms with Gasteiger partial charge in [0.2, 0.25) is 5.91 Å². The predicted octanol–water partition coefficient (Wildman–Crippen LogP) is 2.28. The van der Waals surface area contributed by atoms with E-state index in [0.717, 1.165) is 12.5 Å². The Morgan fingerprint density at radius 2 is 2.18 bits per heavy atom. The molecule has 5 heteroatoms. The van der Waals surface area contributed by atoms with Gasteiger partial charge in [-0.2, -0.15) is 0 Å². The van der Waals surface area contributed by atoms with E-state index in [1.54, 1.807) is 0 Å². The average Bonchev–Trinajstić information content (AvgIpc) is 2.32. The van der Waals surface area contributed by atoms with Crippen molar-refractivity contribution in [1.29, 1.82) is 0 Å². The molecule has 1 aromatic rings. The second-order valence-electron chi connectivity index (χ2n) is 3.86. The number of carbonyl (C=O) groups is 1. The summed E-state index contributed by atoms with van der Waals surface area (Å²) in [6.07, 6.45) is 0.985. The van der Waals surface area contributed by atoms with Crippen LogP contribution in [0.3, 0.4) is 0 Å². The molecule has 1 aromatic carbocycles. The summed E-state index contributed by atoms with van der Waals surface area (Å²) in [5, 5.41) is 2.34. The highest BCUT2D eigenvalue weighted by molar-refractivity contribution is 5.90. The van der Waals surface area contributed by atoms with Crippen molar-refractivity contribution in [2.45, 2.75) is 19.8 Å². The zero-order chi connectivity index (χ0) is 12.8. The smallest absolute Gasteiger partial charge is 0.224 e. The van der Waals surface area contributed by atoms with E-state index < -0.39 is 11.6 Å². The fraction of sp³-hybridized carbons (Fsp3) is 0.417. The number of nitrogens with one attached hydrogen (secondary N) is 1. The van der Waals surface area contributed by atoms with Gasteiger partial charge in [0.1, 0.15) is 0 Å². The van der Waals surface area contributed by atoms with E-state index in [4.69, 9.17) is 5.73 Å². The van der Waals surface area contributed by atoms with E-state index in [1.165, 1.54) is 12.1 Å². The van der Waals surface area contributed by atoms with Crippen LogP contribution in [0.25, 0.3) is 0 Å². The summed E-state index contributed by atoms with van der Waals surface area (Å²) in [5.41, 5.74) is 5.33. The Labute approximate surface area is 99.0 Å². The van der Waals surface area contributed by atoms with Gasteiger partial charge in [-0.05, 0) is 24.6 Å². The van der Waals surface area contributed by atoms with Crippen LogP contribution in [0.1, 0.15) is 19.8 Å². The molecule has 1 unspecified atom stereocenters. The molecule has 0 saturated carbocycles. The Morgan fingerprint density at radius 1 is 1.47 bits per heavy atom. The molecule has 0 heterocycles. The minimum Gasteiger partial charge on any atom is -0.330 e. The molecule has 0 bridgehead atoms. The Bertz CT molecular complexity index is 392. The van der Waals surface area contributed by atoms with Crippen molar-refractivity contribution in [3.05, 3.63) is 29.8 Å². The quantitative estimate of drug-likeness (QED) is 0.832. The highest BCUT2D eigenvalue weighted by Crippen LogP contribution is 2.17. The molecule has 0 aromatic heterocycles. The summed E-state index contributed by atoms with van der Waals surface area (Å²) < 4.78 is 26.1. The number of nitrogens with two attached hydrogens (primary N) is 1. The van der Waals surface area contributed by atoms with Gasteiger partial charge in [-0.15, -0.1) is 0 Å². The van der Waals surface area contributed by atoms with Gasteiger partial charge in [0.15, 0.2) is 11.6 Å². The van der Waals surface area contributed by atoms with Crippen molar-refractivity contribution >= 4 is 11.6 Å². The summed E-state index contributed by atoms with van der Waals surface area (Å²) in [6, 6.07) is 3.66. The molecule has 0 aliphatic heterocycles. The lowest BCUT2D eigenvalue weighted by Crippen LogP contribution is -2.22. The number of halogens is 2. The average molecular weight is 242 g/mol. The highest BCUT2D eigenvalue weighted by Gasteiger charge is 2.13. The van der Waals surface area contributed by atoms with Gasteiger partial charge in [-0.1, -0.05) is 19.4 Å². The van der Waals surface area contributed by atoms with Gasteiger partial charge in [0, 0.05) is 6.42 Å². The first-order valence-corrected chi connectivity index (χ1v) is 5.52. The maximum atomic E-state index is 13.2. The topological polar surface area (TPSA) is 55.1 Å². The van der Waals surface area contributed by atoms with Crippen LogP contribution in [0.4, 0.5) is 14.5 Å². The first-order chi connectivity index (χ1) is 8.08. The molecule has 0 aliphatic rings. The number of rotatable bonds is 5. The molecule has 94 valence electrons. The van der Waals surface area contributed by atoms with E-state index >= 15 is 0 Å². The zero-order valence-corrected chi connectivity index (χ0v) is 9.67. The van der Waals surface area contributed by atoms with Gasteiger partial charge >= 0.3 is 0 Å². The molecule has 0 spiro atoms. The van der Waals surface area contributed by atoms with Gasteiger partial charge in [0.25, 0.3) is 0 Å². The summed E-state index contributed by atoms with van der Waals surface area (Å²) in [7, 11) is 0. The van der Waals surface area contributed by atoms with Crippen LogP contribution >= 0.6 is 0 Å². The van der Waals surface area contributed by atoms with Crippen LogP contribution in [-0.2, 0) is 4.79 Å². The van der Waals surface area contributed by atoms with Crippen LogP contribution in [0.2, 0.25) is 0 Å². The Morgan fingerprint density at radius 3 is 2.76 bits per heavy atom.